The van der Waals surface area contributed by atoms with Crippen LogP contribution < -0.4 is 5.32 Å². The van der Waals surface area contributed by atoms with E-state index in [0.29, 0.717) is 53.4 Å². The van der Waals surface area contributed by atoms with Gasteiger partial charge in [-0.15, -0.1) is 0 Å². The lowest BCUT2D eigenvalue weighted by Crippen LogP contribution is -2.37. The zero-order valence-corrected chi connectivity index (χ0v) is 23.8. The molecule has 0 bridgehead atoms. The quantitative estimate of drug-likeness (QED) is 0.414. The van der Waals surface area contributed by atoms with Crippen molar-refractivity contribution in [3.8, 4) is 11.4 Å². The summed E-state index contributed by atoms with van der Waals surface area (Å²) >= 11 is 0. The molecular weight excluding hydrogens is 510 g/mol. The Labute approximate surface area is 231 Å². The second-order valence-corrected chi connectivity index (χ2v) is 13.1. The standard InChI is InChI=1S/C30H39N5O3S/c1-22-9-16-34(17-10-22)15-5-14-32-30(36)26-21-29(28-6-3-4-13-31-28)33-27-8-7-24(20-25(26)27)39(37,38)35-18-11-23(2)12-19-35/h3-4,6-8,13,20-23H,5,9-12,14-19H2,1-2H3,(H,32,36). The van der Waals surface area contributed by atoms with Gasteiger partial charge in [0.2, 0.25) is 10.0 Å². The fraction of sp³-hybridized carbons (Fsp3) is 0.500. The number of nitrogens with one attached hydrogen (secondary N) is 1. The van der Waals surface area contributed by atoms with Crippen LogP contribution in [0.5, 0.6) is 0 Å². The molecule has 1 aromatic carbocycles. The zero-order chi connectivity index (χ0) is 27.4. The first kappa shape index (κ1) is 27.7. The van der Waals surface area contributed by atoms with Crippen molar-refractivity contribution in [1.29, 1.82) is 0 Å². The molecule has 0 spiro atoms. The van der Waals surface area contributed by atoms with Crippen LogP contribution in [0.4, 0.5) is 0 Å². The molecule has 0 unspecified atom stereocenters. The number of carbonyl (C=O) groups excluding carboxylic acids is 1. The zero-order valence-electron chi connectivity index (χ0n) is 23.0. The van der Waals surface area contributed by atoms with Gasteiger partial charge in [-0.25, -0.2) is 13.4 Å². The SMILES string of the molecule is CC1CCN(CCCNC(=O)c2cc(-c3ccccn3)nc3ccc(S(=O)(=O)N4CCC(C)CC4)cc23)CC1. The van der Waals surface area contributed by atoms with Crippen molar-refractivity contribution in [2.75, 3.05) is 39.3 Å². The molecule has 4 heterocycles. The number of hydrogen-bond donors (Lipinski definition) is 1. The van der Waals surface area contributed by atoms with Crippen LogP contribution in [0, 0.1) is 11.8 Å². The van der Waals surface area contributed by atoms with Gasteiger partial charge in [0, 0.05) is 31.2 Å². The molecule has 39 heavy (non-hydrogen) atoms. The number of likely N-dealkylation sites (tertiary alicyclic amines) is 1. The molecule has 3 aromatic rings. The molecule has 2 aliphatic rings. The minimum atomic E-state index is -3.66. The van der Waals surface area contributed by atoms with E-state index < -0.39 is 10.0 Å². The number of benzene rings is 1. The summed E-state index contributed by atoms with van der Waals surface area (Å²) in [6.07, 6.45) is 6.72. The number of piperidine rings is 2. The van der Waals surface area contributed by atoms with Crippen molar-refractivity contribution in [3.05, 3.63) is 54.2 Å². The average Bonchev–Trinajstić information content (AvgIpc) is 2.96. The van der Waals surface area contributed by atoms with E-state index in [1.54, 1.807) is 34.8 Å². The molecule has 1 amide bonds. The summed E-state index contributed by atoms with van der Waals surface area (Å²) in [6, 6.07) is 12.2. The Balaban J connectivity index is 1.40. The number of fused-ring (bicyclic) bond motifs is 1. The predicted octanol–water partition coefficient (Wildman–Crippen LogP) is 4.57. The van der Waals surface area contributed by atoms with Gasteiger partial charge in [0.25, 0.3) is 5.91 Å². The summed E-state index contributed by atoms with van der Waals surface area (Å²) in [4.78, 5) is 25.3. The van der Waals surface area contributed by atoms with Crippen LogP contribution in [-0.2, 0) is 10.0 Å². The number of carbonyl (C=O) groups is 1. The van der Waals surface area contributed by atoms with E-state index >= 15 is 0 Å². The normalized spacial score (nSPS) is 18.4. The summed E-state index contributed by atoms with van der Waals surface area (Å²) in [5.74, 6) is 1.09. The van der Waals surface area contributed by atoms with E-state index in [0.717, 1.165) is 44.8 Å². The Bertz CT molecular complexity index is 1400. The van der Waals surface area contributed by atoms with Gasteiger partial charge >= 0.3 is 0 Å². The monoisotopic (exact) mass is 549 g/mol. The maximum atomic E-state index is 13.5. The van der Waals surface area contributed by atoms with Crippen LogP contribution in [0.15, 0.2) is 53.6 Å². The second-order valence-electron chi connectivity index (χ2n) is 11.2. The molecule has 1 N–H and O–H groups in total. The molecule has 2 aromatic heterocycles. The van der Waals surface area contributed by atoms with Crippen LogP contribution in [0.1, 0.15) is 56.3 Å². The molecule has 0 aliphatic carbocycles. The molecule has 2 aliphatic heterocycles. The van der Waals surface area contributed by atoms with Gasteiger partial charge in [-0.05, 0) is 100.0 Å². The maximum Gasteiger partial charge on any atom is 0.252 e. The fourth-order valence-corrected chi connectivity index (χ4v) is 6.95. The summed E-state index contributed by atoms with van der Waals surface area (Å²) in [5, 5.41) is 3.60. The molecule has 9 heteroatoms. The number of rotatable bonds is 8. The number of pyridine rings is 2. The van der Waals surface area contributed by atoms with E-state index in [1.165, 1.54) is 12.8 Å². The number of hydrogen-bond acceptors (Lipinski definition) is 6. The Morgan fingerprint density at radius 2 is 1.67 bits per heavy atom. The summed E-state index contributed by atoms with van der Waals surface area (Å²) < 4.78 is 28.5. The van der Waals surface area contributed by atoms with Gasteiger partial charge in [-0.3, -0.25) is 9.78 Å². The Morgan fingerprint density at radius 3 is 2.36 bits per heavy atom. The van der Waals surface area contributed by atoms with Gasteiger partial charge in [0.1, 0.15) is 0 Å². The third-order valence-corrected chi connectivity index (χ3v) is 10.0. The minimum absolute atomic E-state index is 0.199. The predicted molar refractivity (Wildman–Crippen MR) is 154 cm³/mol. The molecule has 208 valence electrons. The van der Waals surface area contributed by atoms with E-state index in [1.807, 2.05) is 18.2 Å². The first-order valence-electron chi connectivity index (χ1n) is 14.2. The van der Waals surface area contributed by atoms with Crippen molar-refractivity contribution >= 4 is 26.8 Å². The highest BCUT2D eigenvalue weighted by Crippen LogP contribution is 2.29. The second kappa shape index (κ2) is 12.1. The van der Waals surface area contributed by atoms with Crippen LogP contribution in [0.2, 0.25) is 0 Å². The summed E-state index contributed by atoms with van der Waals surface area (Å²) in [6.45, 7) is 9.23. The van der Waals surface area contributed by atoms with Crippen LogP contribution >= 0.6 is 0 Å². The van der Waals surface area contributed by atoms with Crippen molar-refractivity contribution in [3.63, 3.8) is 0 Å². The molecule has 0 atom stereocenters. The van der Waals surface area contributed by atoms with E-state index in [2.05, 4.69) is 29.0 Å². The van der Waals surface area contributed by atoms with E-state index in [-0.39, 0.29) is 10.8 Å². The van der Waals surface area contributed by atoms with Crippen molar-refractivity contribution in [1.82, 2.24) is 24.5 Å². The Morgan fingerprint density at radius 1 is 0.949 bits per heavy atom. The van der Waals surface area contributed by atoms with Crippen LogP contribution in [0.3, 0.4) is 0 Å². The van der Waals surface area contributed by atoms with Crippen molar-refractivity contribution < 1.29 is 13.2 Å². The highest BCUT2D eigenvalue weighted by atomic mass is 32.2. The van der Waals surface area contributed by atoms with Crippen molar-refractivity contribution in [2.45, 2.75) is 50.8 Å². The lowest BCUT2D eigenvalue weighted by Gasteiger charge is -2.30. The lowest BCUT2D eigenvalue weighted by atomic mass is 9.99. The molecule has 0 radical (unpaired) electrons. The highest BCUT2D eigenvalue weighted by Gasteiger charge is 2.29. The van der Waals surface area contributed by atoms with E-state index in [4.69, 9.17) is 4.98 Å². The largest absolute Gasteiger partial charge is 0.352 e. The first-order valence-corrected chi connectivity index (χ1v) is 15.6. The van der Waals surface area contributed by atoms with Crippen molar-refractivity contribution in [2.24, 2.45) is 11.8 Å². The van der Waals surface area contributed by atoms with Gasteiger partial charge in [0.05, 0.1) is 27.4 Å². The van der Waals surface area contributed by atoms with Gasteiger partial charge in [-0.2, -0.15) is 4.31 Å². The van der Waals surface area contributed by atoms with E-state index in [9.17, 15) is 13.2 Å². The number of aromatic nitrogens is 2. The third-order valence-electron chi connectivity index (χ3n) is 8.15. The molecular formula is C30H39N5O3S. The van der Waals surface area contributed by atoms with Crippen LogP contribution in [0.25, 0.3) is 22.3 Å². The lowest BCUT2D eigenvalue weighted by molar-refractivity contribution is 0.0952. The average molecular weight is 550 g/mol. The van der Waals surface area contributed by atoms with Gasteiger partial charge in [0.15, 0.2) is 0 Å². The molecule has 0 saturated carbocycles. The molecule has 2 fully saturated rings. The Hall–Kier alpha value is -2.88. The summed E-state index contributed by atoms with van der Waals surface area (Å²) in [5.41, 5.74) is 2.22. The minimum Gasteiger partial charge on any atom is -0.352 e. The van der Waals surface area contributed by atoms with Gasteiger partial charge < -0.3 is 10.2 Å². The fourth-order valence-electron chi connectivity index (χ4n) is 5.46. The Kier molecular flexibility index (Phi) is 8.59. The third kappa shape index (κ3) is 6.48. The van der Waals surface area contributed by atoms with Crippen LogP contribution in [-0.4, -0.2) is 72.8 Å². The maximum absolute atomic E-state index is 13.5. The topological polar surface area (TPSA) is 95.5 Å². The van der Waals surface area contributed by atoms with Gasteiger partial charge in [-0.1, -0.05) is 19.9 Å². The molecule has 5 rings (SSSR count). The number of amides is 1. The highest BCUT2D eigenvalue weighted by molar-refractivity contribution is 7.89. The first-order chi connectivity index (χ1) is 18.8. The number of nitrogens with zero attached hydrogens (tertiary/aromatic N) is 4. The number of sulfonamides is 1. The molecule has 2 saturated heterocycles. The summed E-state index contributed by atoms with van der Waals surface area (Å²) in [7, 11) is -3.66. The molecule has 8 nitrogen and oxygen atoms in total. The smallest absolute Gasteiger partial charge is 0.252 e.